The van der Waals surface area contributed by atoms with Gasteiger partial charge in [0.1, 0.15) is 11.6 Å². The molecule has 15 heavy (non-hydrogen) atoms. The highest BCUT2D eigenvalue weighted by Gasteiger charge is 2.39. The first kappa shape index (κ1) is 12.2. The third-order valence-electron chi connectivity index (χ3n) is 3.42. The SMILES string of the molecule is CCn1c(C)nnc1C(C)(C)C(C)(C)N. The first-order chi connectivity index (χ1) is 6.71. The van der Waals surface area contributed by atoms with E-state index in [2.05, 4.69) is 35.5 Å². The summed E-state index contributed by atoms with van der Waals surface area (Å²) in [4.78, 5) is 0. The number of aromatic nitrogens is 3. The summed E-state index contributed by atoms with van der Waals surface area (Å²) < 4.78 is 2.12. The molecule has 1 heterocycles. The lowest BCUT2D eigenvalue weighted by molar-refractivity contribution is 0.281. The predicted octanol–water partition coefficient (Wildman–Crippen LogP) is 1.62. The molecule has 0 bridgehead atoms. The van der Waals surface area contributed by atoms with Crippen molar-refractivity contribution in [2.24, 2.45) is 5.73 Å². The van der Waals surface area contributed by atoms with Crippen LogP contribution in [0.25, 0.3) is 0 Å². The van der Waals surface area contributed by atoms with Crippen LogP contribution in [0, 0.1) is 6.92 Å². The summed E-state index contributed by atoms with van der Waals surface area (Å²) in [6, 6.07) is 0. The zero-order valence-corrected chi connectivity index (χ0v) is 10.6. The molecular weight excluding hydrogens is 188 g/mol. The predicted molar refractivity (Wildman–Crippen MR) is 61.7 cm³/mol. The van der Waals surface area contributed by atoms with Gasteiger partial charge in [0.05, 0.1) is 0 Å². The Kier molecular flexibility index (Phi) is 2.92. The Morgan fingerprint density at radius 2 is 1.73 bits per heavy atom. The van der Waals surface area contributed by atoms with Gasteiger partial charge in [0.25, 0.3) is 0 Å². The fraction of sp³-hybridized carbons (Fsp3) is 0.818. The Hall–Kier alpha value is -0.900. The minimum Gasteiger partial charge on any atom is -0.325 e. The van der Waals surface area contributed by atoms with Crippen molar-refractivity contribution in [2.75, 3.05) is 0 Å². The summed E-state index contributed by atoms with van der Waals surface area (Å²) in [7, 11) is 0. The Bertz CT molecular complexity index is 344. The lowest BCUT2D eigenvalue weighted by atomic mass is 9.74. The molecule has 2 N–H and O–H groups in total. The molecule has 0 fully saturated rings. The van der Waals surface area contributed by atoms with Crippen LogP contribution in [0.1, 0.15) is 46.3 Å². The van der Waals surface area contributed by atoms with Gasteiger partial charge >= 0.3 is 0 Å². The van der Waals surface area contributed by atoms with Gasteiger partial charge in [-0.1, -0.05) is 13.8 Å². The van der Waals surface area contributed by atoms with Crippen molar-refractivity contribution in [3.8, 4) is 0 Å². The van der Waals surface area contributed by atoms with E-state index in [9.17, 15) is 0 Å². The van der Waals surface area contributed by atoms with Gasteiger partial charge in [0, 0.05) is 17.5 Å². The van der Waals surface area contributed by atoms with Crippen molar-refractivity contribution >= 4 is 0 Å². The average Bonchev–Trinajstić information content (AvgIpc) is 2.44. The topological polar surface area (TPSA) is 56.7 Å². The van der Waals surface area contributed by atoms with Gasteiger partial charge in [0.2, 0.25) is 0 Å². The molecule has 0 atom stereocenters. The monoisotopic (exact) mass is 210 g/mol. The molecule has 0 saturated heterocycles. The summed E-state index contributed by atoms with van der Waals surface area (Å²) >= 11 is 0. The zero-order chi connectivity index (χ0) is 11.9. The molecule has 4 heteroatoms. The Balaban J connectivity index is 3.27. The van der Waals surface area contributed by atoms with Gasteiger partial charge in [-0.2, -0.15) is 0 Å². The number of hydrogen-bond donors (Lipinski definition) is 1. The van der Waals surface area contributed by atoms with Crippen molar-refractivity contribution in [1.29, 1.82) is 0 Å². The molecule has 0 saturated carbocycles. The molecule has 0 amide bonds. The number of aryl methyl sites for hydroxylation is 1. The summed E-state index contributed by atoms with van der Waals surface area (Å²) in [5.41, 5.74) is 5.69. The molecule has 4 nitrogen and oxygen atoms in total. The maximum atomic E-state index is 6.20. The fourth-order valence-corrected chi connectivity index (χ4v) is 1.51. The zero-order valence-electron chi connectivity index (χ0n) is 10.6. The highest BCUT2D eigenvalue weighted by atomic mass is 15.3. The van der Waals surface area contributed by atoms with E-state index in [4.69, 9.17) is 5.73 Å². The van der Waals surface area contributed by atoms with E-state index in [0.29, 0.717) is 0 Å². The van der Waals surface area contributed by atoms with E-state index < -0.39 is 0 Å². The van der Waals surface area contributed by atoms with E-state index >= 15 is 0 Å². The highest BCUT2D eigenvalue weighted by molar-refractivity contribution is 5.15. The second kappa shape index (κ2) is 3.59. The van der Waals surface area contributed by atoms with Gasteiger partial charge < -0.3 is 10.3 Å². The minimum absolute atomic E-state index is 0.190. The van der Waals surface area contributed by atoms with E-state index in [1.54, 1.807) is 0 Å². The van der Waals surface area contributed by atoms with Crippen LogP contribution in [-0.4, -0.2) is 20.3 Å². The summed E-state index contributed by atoms with van der Waals surface area (Å²) in [5.74, 6) is 1.92. The lowest BCUT2D eigenvalue weighted by Gasteiger charge is -2.37. The van der Waals surface area contributed by atoms with E-state index in [-0.39, 0.29) is 11.0 Å². The Labute approximate surface area is 91.9 Å². The van der Waals surface area contributed by atoms with Crippen LogP contribution < -0.4 is 5.73 Å². The van der Waals surface area contributed by atoms with Crippen LogP contribution in [-0.2, 0) is 12.0 Å². The normalized spacial score (nSPS) is 13.3. The molecule has 0 aliphatic heterocycles. The van der Waals surface area contributed by atoms with Crippen molar-refractivity contribution in [3.05, 3.63) is 11.6 Å². The molecule has 1 aromatic heterocycles. The van der Waals surface area contributed by atoms with Crippen LogP contribution in [0.2, 0.25) is 0 Å². The Morgan fingerprint density at radius 1 is 1.20 bits per heavy atom. The maximum Gasteiger partial charge on any atom is 0.140 e. The smallest absolute Gasteiger partial charge is 0.140 e. The van der Waals surface area contributed by atoms with Crippen LogP contribution in [0.3, 0.4) is 0 Å². The molecule has 0 aliphatic carbocycles. The fourth-order valence-electron chi connectivity index (χ4n) is 1.51. The van der Waals surface area contributed by atoms with Crippen molar-refractivity contribution in [2.45, 2.75) is 59.0 Å². The van der Waals surface area contributed by atoms with Crippen molar-refractivity contribution < 1.29 is 0 Å². The van der Waals surface area contributed by atoms with Gasteiger partial charge in [-0.15, -0.1) is 10.2 Å². The first-order valence-corrected chi connectivity index (χ1v) is 5.41. The third-order valence-corrected chi connectivity index (χ3v) is 3.42. The van der Waals surface area contributed by atoms with E-state index in [1.807, 2.05) is 20.8 Å². The molecule has 0 radical (unpaired) electrons. The van der Waals surface area contributed by atoms with Crippen LogP contribution >= 0.6 is 0 Å². The van der Waals surface area contributed by atoms with Gasteiger partial charge in [0.15, 0.2) is 0 Å². The summed E-state index contributed by atoms with van der Waals surface area (Å²) in [5, 5.41) is 8.38. The molecule has 1 aromatic rings. The Morgan fingerprint density at radius 3 is 2.13 bits per heavy atom. The molecule has 0 spiro atoms. The average molecular weight is 210 g/mol. The summed E-state index contributed by atoms with van der Waals surface area (Å²) in [6.07, 6.45) is 0. The molecule has 1 rings (SSSR count). The third kappa shape index (κ3) is 1.91. The largest absolute Gasteiger partial charge is 0.325 e. The number of rotatable bonds is 3. The number of nitrogens with two attached hydrogens (primary N) is 1. The van der Waals surface area contributed by atoms with Crippen LogP contribution in [0.4, 0.5) is 0 Å². The molecule has 0 aliphatic rings. The standard InChI is InChI=1S/C11H22N4/c1-7-15-8(2)13-14-9(15)10(3,4)11(5,6)12/h7,12H2,1-6H3. The first-order valence-electron chi connectivity index (χ1n) is 5.41. The maximum absolute atomic E-state index is 6.20. The molecular formula is C11H22N4. The van der Waals surface area contributed by atoms with Crippen LogP contribution in [0.5, 0.6) is 0 Å². The molecule has 0 aromatic carbocycles. The van der Waals surface area contributed by atoms with E-state index in [0.717, 1.165) is 18.2 Å². The quantitative estimate of drug-likeness (QED) is 0.824. The van der Waals surface area contributed by atoms with Crippen LogP contribution in [0.15, 0.2) is 0 Å². The van der Waals surface area contributed by atoms with Gasteiger partial charge in [-0.05, 0) is 27.7 Å². The highest BCUT2D eigenvalue weighted by Crippen LogP contribution is 2.31. The second-order valence-electron chi connectivity index (χ2n) is 5.16. The number of hydrogen-bond acceptors (Lipinski definition) is 3. The summed E-state index contributed by atoms with van der Waals surface area (Å²) in [6.45, 7) is 13.2. The second-order valence-corrected chi connectivity index (χ2v) is 5.16. The van der Waals surface area contributed by atoms with Crippen molar-refractivity contribution in [1.82, 2.24) is 14.8 Å². The van der Waals surface area contributed by atoms with Gasteiger partial charge in [-0.3, -0.25) is 0 Å². The van der Waals surface area contributed by atoms with Crippen molar-refractivity contribution in [3.63, 3.8) is 0 Å². The number of nitrogens with zero attached hydrogens (tertiary/aromatic N) is 3. The minimum atomic E-state index is -0.320. The van der Waals surface area contributed by atoms with Gasteiger partial charge in [-0.25, -0.2) is 0 Å². The molecule has 0 unspecified atom stereocenters. The lowest BCUT2D eigenvalue weighted by Crippen LogP contribution is -2.51. The van der Waals surface area contributed by atoms with E-state index in [1.165, 1.54) is 0 Å². The molecule has 86 valence electrons.